The first-order valence-corrected chi connectivity index (χ1v) is 13.7. The molecule has 11 atom stereocenters. The third kappa shape index (κ3) is 2.61. The molecule has 0 aromatic heterocycles. The third-order valence-corrected chi connectivity index (χ3v) is 13.6. The maximum atomic E-state index is 11.5. The van der Waals surface area contributed by atoms with Crippen LogP contribution in [0.5, 0.6) is 0 Å². The van der Waals surface area contributed by atoms with Crippen LogP contribution < -0.4 is 0 Å². The SMILES string of the molecule is C=C(C)C1CC[C@]2(C)CC[C@]3(C)[C@H](CCC4[C@]5(C)C(CC[C@]43C)C(C)(C)[C@H](O)C[C@H]5O)C12. The Kier molecular flexibility index (Phi) is 5.02. The molecule has 5 saturated carbocycles. The second-order valence-corrected chi connectivity index (χ2v) is 14.8. The van der Waals surface area contributed by atoms with Gasteiger partial charge in [0.1, 0.15) is 0 Å². The van der Waals surface area contributed by atoms with Crippen molar-refractivity contribution in [3.8, 4) is 0 Å². The van der Waals surface area contributed by atoms with E-state index in [1.807, 2.05) is 0 Å². The Hall–Kier alpha value is -0.340. The van der Waals surface area contributed by atoms with Crippen LogP contribution in [0.4, 0.5) is 0 Å². The van der Waals surface area contributed by atoms with Crippen molar-refractivity contribution in [2.45, 2.75) is 118 Å². The quantitative estimate of drug-likeness (QED) is 0.429. The van der Waals surface area contributed by atoms with Gasteiger partial charge in [0, 0.05) is 11.8 Å². The summed E-state index contributed by atoms with van der Waals surface area (Å²) >= 11 is 0. The third-order valence-electron chi connectivity index (χ3n) is 13.6. The van der Waals surface area contributed by atoms with Crippen LogP contribution in [-0.4, -0.2) is 22.4 Å². The lowest BCUT2D eigenvalue weighted by atomic mass is 9.32. The Bertz CT molecular complexity index is 801. The fourth-order valence-electron chi connectivity index (χ4n) is 11.4. The van der Waals surface area contributed by atoms with E-state index in [0.29, 0.717) is 35.0 Å². The largest absolute Gasteiger partial charge is 0.392 e. The van der Waals surface area contributed by atoms with Crippen LogP contribution >= 0.6 is 0 Å². The molecular weight excluding hydrogens is 392 g/mol. The molecule has 0 heterocycles. The van der Waals surface area contributed by atoms with Crippen LogP contribution in [0.2, 0.25) is 0 Å². The van der Waals surface area contributed by atoms with E-state index in [1.165, 1.54) is 50.5 Å². The van der Waals surface area contributed by atoms with Crippen molar-refractivity contribution in [1.29, 1.82) is 0 Å². The normalized spacial score (nSPS) is 58.8. The Morgan fingerprint density at radius 1 is 0.750 bits per heavy atom. The minimum absolute atomic E-state index is 0.0894. The zero-order chi connectivity index (χ0) is 23.5. The molecule has 0 radical (unpaired) electrons. The maximum Gasteiger partial charge on any atom is 0.0624 e. The zero-order valence-electron chi connectivity index (χ0n) is 22.0. The average molecular weight is 443 g/mol. The van der Waals surface area contributed by atoms with Crippen LogP contribution in [0.15, 0.2) is 12.2 Å². The smallest absolute Gasteiger partial charge is 0.0624 e. The molecule has 2 nitrogen and oxygen atoms in total. The van der Waals surface area contributed by atoms with E-state index in [-0.39, 0.29) is 22.3 Å². The molecule has 2 heteroatoms. The summed E-state index contributed by atoms with van der Waals surface area (Å²) in [6.07, 6.45) is 10.2. The minimum Gasteiger partial charge on any atom is -0.392 e. The maximum absolute atomic E-state index is 11.5. The number of hydrogen-bond acceptors (Lipinski definition) is 2. The van der Waals surface area contributed by atoms with Gasteiger partial charge in [0.05, 0.1) is 12.2 Å². The molecule has 4 unspecified atom stereocenters. The molecule has 0 aliphatic heterocycles. The predicted molar refractivity (Wildman–Crippen MR) is 132 cm³/mol. The van der Waals surface area contributed by atoms with Gasteiger partial charge in [-0.2, -0.15) is 0 Å². The number of aliphatic hydroxyl groups is 2. The highest BCUT2D eigenvalue weighted by Gasteiger charge is 2.71. The van der Waals surface area contributed by atoms with Crippen molar-refractivity contribution in [2.24, 2.45) is 56.7 Å². The van der Waals surface area contributed by atoms with Gasteiger partial charge in [-0.05, 0) is 110 Å². The van der Waals surface area contributed by atoms with E-state index in [9.17, 15) is 10.2 Å². The van der Waals surface area contributed by atoms with E-state index in [2.05, 4.69) is 55.0 Å². The molecule has 2 N–H and O–H groups in total. The van der Waals surface area contributed by atoms with Gasteiger partial charge in [0.15, 0.2) is 0 Å². The van der Waals surface area contributed by atoms with Crippen molar-refractivity contribution in [3.63, 3.8) is 0 Å². The van der Waals surface area contributed by atoms with Crippen LogP contribution in [0, 0.1) is 56.7 Å². The van der Waals surface area contributed by atoms with Crippen molar-refractivity contribution in [1.82, 2.24) is 0 Å². The minimum atomic E-state index is -0.392. The Balaban J connectivity index is 1.57. The van der Waals surface area contributed by atoms with Gasteiger partial charge in [0.25, 0.3) is 0 Å². The summed E-state index contributed by atoms with van der Waals surface area (Å²) in [4.78, 5) is 0. The number of hydrogen-bond donors (Lipinski definition) is 2. The number of allylic oxidation sites excluding steroid dienone is 1. The summed E-state index contributed by atoms with van der Waals surface area (Å²) in [5.41, 5.74) is 2.32. The van der Waals surface area contributed by atoms with Gasteiger partial charge in [-0.25, -0.2) is 0 Å². The molecular formula is C30H50O2. The molecule has 5 rings (SSSR count). The summed E-state index contributed by atoms with van der Waals surface area (Å²) in [7, 11) is 0. The summed E-state index contributed by atoms with van der Waals surface area (Å²) in [6.45, 7) is 21.6. The van der Waals surface area contributed by atoms with Gasteiger partial charge >= 0.3 is 0 Å². The van der Waals surface area contributed by atoms with Crippen LogP contribution in [0.3, 0.4) is 0 Å². The topological polar surface area (TPSA) is 40.5 Å². The standard InChI is InChI=1S/C30H50O2/c1-18(2)19-11-13-27(5)15-16-28(6)20(25(19)27)9-10-22-29(28,7)14-12-21-26(3,4)23(31)17-24(32)30(21,22)8/h19-25,31-32H,1,9-17H2,2-8H3/t19?,20-,21?,22?,23-,24-,25?,27-,28-,29-,30+/m1/s1. The molecule has 0 saturated heterocycles. The highest BCUT2D eigenvalue weighted by molar-refractivity contribution is 5.22. The van der Waals surface area contributed by atoms with Crippen molar-refractivity contribution in [3.05, 3.63) is 12.2 Å². The lowest BCUT2D eigenvalue weighted by Gasteiger charge is -2.73. The van der Waals surface area contributed by atoms with Crippen LogP contribution in [0.25, 0.3) is 0 Å². The first kappa shape index (κ1) is 23.4. The monoisotopic (exact) mass is 442 g/mol. The summed E-state index contributed by atoms with van der Waals surface area (Å²) in [5, 5.41) is 22.4. The summed E-state index contributed by atoms with van der Waals surface area (Å²) in [6, 6.07) is 0. The van der Waals surface area contributed by atoms with Gasteiger partial charge < -0.3 is 10.2 Å². The summed E-state index contributed by atoms with van der Waals surface area (Å²) in [5.74, 6) is 3.22. The fraction of sp³-hybridized carbons (Fsp3) is 0.933. The van der Waals surface area contributed by atoms with Crippen LogP contribution in [0.1, 0.15) is 106 Å². The van der Waals surface area contributed by atoms with Gasteiger partial charge in [-0.15, -0.1) is 0 Å². The molecule has 5 aliphatic rings. The highest BCUT2D eigenvalue weighted by atomic mass is 16.3. The first-order chi connectivity index (χ1) is 14.7. The average Bonchev–Trinajstić information content (AvgIpc) is 3.05. The molecule has 5 fully saturated rings. The summed E-state index contributed by atoms with van der Waals surface area (Å²) < 4.78 is 0. The lowest BCUT2D eigenvalue weighted by molar-refractivity contribution is -0.273. The van der Waals surface area contributed by atoms with E-state index in [1.54, 1.807) is 0 Å². The lowest BCUT2D eigenvalue weighted by Crippen LogP contribution is -2.69. The van der Waals surface area contributed by atoms with E-state index < -0.39 is 6.10 Å². The molecule has 0 aromatic rings. The number of fused-ring (bicyclic) bond motifs is 7. The molecule has 0 amide bonds. The van der Waals surface area contributed by atoms with E-state index in [4.69, 9.17) is 0 Å². The second kappa shape index (κ2) is 6.87. The van der Waals surface area contributed by atoms with E-state index >= 15 is 0 Å². The van der Waals surface area contributed by atoms with Crippen molar-refractivity contribution < 1.29 is 10.2 Å². The van der Waals surface area contributed by atoms with Crippen molar-refractivity contribution >= 4 is 0 Å². The molecule has 182 valence electrons. The molecule has 0 spiro atoms. The highest BCUT2D eigenvalue weighted by Crippen LogP contribution is 2.77. The van der Waals surface area contributed by atoms with Crippen LogP contribution in [-0.2, 0) is 0 Å². The fourth-order valence-corrected chi connectivity index (χ4v) is 11.4. The Morgan fingerprint density at radius 3 is 2.09 bits per heavy atom. The molecule has 0 bridgehead atoms. The van der Waals surface area contributed by atoms with Gasteiger partial charge in [-0.3, -0.25) is 0 Å². The van der Waals surface area contributed by atoms with Gasteiger partial charge in [-0.1, -0.05) is 53.7 Å². The van der Waals surface area contributed by atoms with Gasteiger partial charge in [0.2, 0.25) is 0 Å². The molecule has 32 heavy (non-hydrogen) atoms. The first-order valence-electron chi connectivity index (χ1n) is 13.7. The zero-order valence-corrected chi connectivity index (χ0v) is 22.0. The Morgan fingerprint density at radius 2 is 1.44 bits per heavy atom. The Labute approximate surface area is 197 Å². The molecule has 5 aliphatic carbocycles. The number of aliphatic hydroxyl groups excluding tert-OH is 2. The van der Waals surface area contributed by atoms with Crippen molar-refractivity contribution in [2.75, 3.05) is 0 Å². The predicted octanol–water partition coefficient (Wildman–Crippen LogP) is 7.00. The second-order valence-electron chi connectivity index (χ2n) is 14.8. The number of rotatable bonds is 1. The molecule has 0 aromatic carbocycles. The van der Waals surface area contributed by atoms with E-state index in [0.717, 1.165) is 18.3 Å².